The van der Waals surface area contributed by atoms with Crippen LogP contribution in [-0.2, 0) is 11.8 Å². The van der Waals surface area contributed by atoms with Crippen LogP contribution >= 0.6 is 27.7 Å². The Kier molecular flexibility index (Phi) is 5.12. The van der Waals surface area contributed by atoms with E-state index in [-0.39, 0.29) is 5.91 Å². The van der Waals surface area contributed by atoms with Crippen molar-refractivity contribution in [2.45, 2.75) is 29.3 Å². The van der Waals surface area contributed by atoms with E-state index in [1.807, 2.05) is 18.2 Å². The number of hydrogen-bond acceptors (Lipinski definition) is 5. The molecule has 3 rings (SSSR count). The van der Waals surface area contributed by atoms with Crippen molar-refractivity contribution in [1.82, 2.24) is 20.2 Å². The average Bonchev–Trinajstić information content (AvgIpc) is 3.14. The summed E-state index contributed by atoms with van der Waals surface area (Å²) in [5, 5.41) is 15.1. The molecule has 1 aliphatic carbocycles. The van der Waals surface area contributed by atoms with Gasteiger partial charge < -0.3 is 5.32 Å². The zero-order chi connectivity index (χ0) is 16.2. The Morgan fingerprint density at radius 3 is 3.09 bits per heavy atom. The molecule has 8 heteroatoms. The standard InChI is InChI=1S/C15H16BrN5OS/c1-21-15(18-19-20-21)23-13-7-6-11(16)9-12(13)17-14(22)8-10-4-2-3-5-10/h2,4,6-7,9-10H,3,5,8H2,1H3,(H,17,22). The minimum atomic E-state index is 0.0255. The quantitative estimate of drug-likeness (QED) is 0.787. The molecule has 0 fully saturated rings. The Morgan fingerprint density at radius 1 is 1.52 bits per heavy atom. The van der Waals surface area contributed by atoms with Gasteiger partial charge in [-0.2, -0.15) is 0 Å². The van der Waals surface area contributed by atoms with Crippen molar-refractivity contribution in [2.75, 3.05) is 5.32 Å². The van der Waals surface area contributed by atoms with Crippen molar-refractivity contribution in [3.8, 4) is 0 Å². The lowest BCUT2D eigenvalue weighted by atomic mass is 10.1. The first-order valence-electron chi connectivity index (χ1n) is 7.28. The van der Waals surface area contributed by atoms with E-state index in [1.165, 1.54) is 11.8 Å². The first-order valence-corrected chi connectivity index (χ1v) is 8.89. The van der Waals surface area contributed by atoms with Crippen LogP contribution in [-0.4, -0.2) is 26.1 Å². The molecule has 6 nitrogen and oxygen atoms in total. The molecule has 120 valence electrons. The molecule has 0 aliphatic heterocycles. The van der Waals surface area contributed by atoms with E-state index in [9.17, 15) is 4.79 Å². The molecule has 0 spiro atoms. The van der Waals surface area contributed by atoms with Crippen LogP contribution in [0.1, 0.15) is 19.3 Å². The van der Waals surface area contributed by atoms with Crippen molar-refractivity contribution >= 4 is 39.3 Å². The maximum atomic E-state index is 12.3. The lowest BCUT2D eigenvalue weighted by molar-refractivity contribution is -0.116. The van der Waals surface area contributed by atoms with Crippen LogP contribution in [0.25, 0.3) is 0 Å². The van der Waals surface area contributed by atoms with Gasteiger partial charge >= 0.3 is 0 Å². The zero-order valence-corrected chi connectivity index (χ0v) is 15.0. The Morgan fingerprint density at radius 2 is 2.39 bits per heavy atom. The summed E-state index contributed by atoms with van der Waals surface area (Å²) in [4.78, 5) is 13.2. The van der Waals surface area contributed by atoms with Crippen LogP contribution in [0.15, 0.2) is 44.9 Å². The highest BCUT2D eigenvalue weighted by atomic mass is 79.9. The van der Waals surface area contributed by atoms with Gasteiger partial charge in [-0.3, -0.25) is 4.79 Å². The SMILES string of the molecule is Cn1nnnc1Sc1ccc(Br)cc1NC(=O)CC1C=CCC1. The first-order chi connectivity index (χ1) is 11.1. The fourth-order valence-electron chi connectivity index (χ4n) is 2.40. The predicted octanol–water partition coefficient (Wildman–Crippen LogP) is 3.42. The van der Waals surface area contributed by atoms with E-state index >= 15 is 0 Å². The summed E-state index contributed by atoms with van der Waals surface area (Å²) < 4.78 is 2.51. The lowest BCUT2D eigenvalue weighted by Gasteiger charge is -2.12. The normalized spacial score (nSPS) is 16.7. The maximum absolute atomic E-state index is 12.3. The number of nitrogens with one attached hydrogen (secondary N) is 1. The molecular formula is C15H16BrN5OS. The zero-order valence-electron chi connectivity index (χ0n) is 12.6. The van der Waals surface area contributed by atoms with E-state index in [0.717, 1.165) is 27.9 Å². The van der Waals surface area contributed by atoms with Gasteiger partial charge in [0.1, 0.15) is 0 Å². The first kappa shape index (κ1) is 16.2. The summed E-state index contributed by atoms with van der Waals surface area (Å²) in [5.41, 5.74) is 0.763. The summed E-state index contributed by atoms with van der Waals surface area (Å²) in [6, 6.07) is 5.77. The third kappa shape index (κ3) is 4.20. The van der Waals surface area contributed by atoms with Crippen LogP contribution in [0.5, 0.6) is 0 Å². The molecule has 2 aromatic rings. The van der Waals surface area contributed by atoms with Gasteiger partial charge in [-0.05, 0) is 59.1 Å². The summed E-state index contributed by atoms with van der Waals surface area (Å²) in [6.07, 6.45) is 6.90. The minimum absolute atomic E-state index is 0.0255. The van der Waals surface area contributed by atoms with Gasteiger partial charge in [0.2, 0.25) is 11.1 Å². The molecule has 0 saturated carbocycles. The van der Waals surface area contributed by atoms with Crippen molar-refractivity contribution < 1.29 is 4.79 Å². The number of rotatable bonds is 5. The second kappa shape index (κ2) is 7.27. The summed E-state index contributed by atoms with van der Waals surface area (Å²) in [7, 11) is 1.78. The van der Waals surface area contributed by atoms with E-state index in [1.54, 1.807) is 11.7 Å². The van der Waals surface area contributed by atoms with E-state index < -0.39 is 0 Å². The van der Waals surface area contributed by atoms with Gasteiger partial charge in [0.15, 0.2) is 0 Å². The van der Waals surface area contributed by atoms with Crippen LogP contribution in [0.3, 0.4) is 0 Å². The smallest absolute Gasteiger partial charge is 0.224 e. The number of hydrogen-bond donors (Lipinski definition) is 1. The number of carbonyl (C=O) groups excluding carboxylic acids is 1. The molecule has 1 aromatic heterocycles. The monoisotopic (exact) mass is 393 g/mol. The van der Waals surface area contributed by atoms with Gasteiger partial charge in [-0.15, -0.1) is 5.10 Å². The molecule has 1 heterocycles. The number of amides is 1. The Balaban J connectivity index is 1.74. The number of nitrogens with zero attached hydrogens (tertiary/aromatic N) is 4. The fraction of sp³-hybridized carbons (Fsp3) is 0.333. The highest BCUT2D eigenvalue weighted by Crippen LogP contribution is 2.34. The van der Waals surface area contributed by atoms with E-state index in [4.69, 9.17) is 0 Å². The van der Waals surface area contributed by atoms with E-state index in [0.29, 0.717) is 17.5 Å². The van der Waals surface area contributed by atoms with Crippen LogP contribution in [0.2, 0.25) is 0 Å². The molecule has 1 aromatic carbocycles. The molecule has 1 N–H and O–H groups in total. The van der Waals surface area contributed by atoms with Gasteiger partial charge in [0.05, 0.1) is 5.69 Å². The largest absolute Gasteiger partial charge is 0.325 e. The van der Waals surface area contributed by atoms with E-state index in [2.05, 4.69) is 48.9 Å². The Labute approximate surface area is 146 Å². The summed E-state index contributed by atoms with van der Waals surface area (Å²) >= 11 is 4.87. The van der Waals surface area contributed by atoms with Gasteiger partial charge in [-0.25, -0.2) is 4.68 Å². The fourth-order valence-corrected chi connectivity index (χ4v) is 3.56. The molecule has 0 radical (unpaired) electrons. The topological polar surface area (TPSA) is 72.7 Å². The van der Waals surface area contributed by atoms with Gasteiger partial charge in [0.25, 0.3) is 0 Å². The Hall–Kier alpha value is -1.67. The van der Waals surface area contributed by atoms with Crippen molar-refractivity contribution in [1.29, 1.82) is 0 Å². The molecular weight excluding hydrogens is 378 g/mol. The van der Waals surface area contributed by atoms with Crippen molar-refractivity contribution in [3.63, 3.8) is 0 Å². The van der Waals surface area contributed by atoms with Gasteiger partial charge in [0, 0.05) is 22.8 Å². The number of aryl methyl sites for hydroxylation is 1. The second-order valence-corrected chi connectivity index (χ2v) is 7.27. The number of carbonyl (C=O) groups is 1. The highest BCUT2D eigenvalue weighted by Gasteiger charge is 2.16. The number of allylic oxidation sites excluding steroid dienone is 2. The third-order valence-electron chi connectivity index (χ3n) is 3.56. The molecule has 1 unspecified atom stereocenters. The minimum Gasteiger partial charge on any atom is -0.325 e. The average molecular weight is 394 g/mol. The maximum Gasteiger partial charge on any atom is 0.224 e. The number of anilines is 1. The van der Waals surface area contributed by atoms with Crippen LogP contribution < -0.4 is 5.32 Å². The number of aromatic nitrogens is 4. The molecule has 1 aliphatic rings. The van der Waals surface area contributed by atoms with Crippen molar-refractivity contribution in [2.24, 2.45) is 13.0 Å². The van der Waals surface area contributed by atoms with Crippen LogP contribution in [0.4, 0.5) is 5.69 Å². The molecule has 0 bridgehead atoms. The molecule has 1 amide bonds. The summed E-state index contributed by atoms with van der Waals surface area (Å²) in [5.74, 6) is 0.374. The molecule has 1 atom stereocenters. The molecule has 0 saturated heterocycles. The van der Waals surface area contributed by atoms with Gasteiger partial charge in [-0.1, -0.05) is 28.1 Å². The number of halogens is 1. The highest BCUT2D eigenvalue weighted by molar-refractivity contribution is 9.10. The Bertz CT molecular complexity index is 745. The number of tetrazole rings is 1. The lowest BCUT2D eigenvalue weighted by Crippen LogP contribution is -2.15. The third-order valence-corrected chi connectivity index (χ3v) is 5.16. The predicted molar refractivity (Wildman–Crippen MR) is 92.2 cm³/mol. The second-order valence-electron chi connectivity index (χ2n) is 5.35. The summed E-state index contributed by atoms with van der Waals surface area (Å²) in [6.45, 7) is 0. The van der Waals surface area contributed by atoms with Crippen molar-refractivity contribution in [3.05, 3.63) is 34.8 Å². The van der Waals surface area contributed by atoms with Crippen LogP contribution in [0, 0.1) is 5.92 Å². The molecule has 23 heavy (non-hydrogen) atoms. The number of benzene rings is 1.